The summed E-state index contributed by atoms with van der Waals surface area (Å²) in [6.07, 6.45) is 0. The van der Waals surface area contributed by atoms with Gasteiger partial charge in [-0.2, -0.15) is 0 Å². The van der Waals surface area contributed by atoms with Crippen molar-refractivity contribution in [1.29, 1.82) is 0 Å². The fraction of sp³-hybridized carbons (Fsp3) is 0.0909. The minimum atomic E-state index is -0.361. The zero-order valence-electron chi connectivity index (χ0n) is 8.72. The van der Waals surface area contributed by atoms with Crippen LogP contribution in [0.5, 0.6) is 0 Å². The van der Waals surface area contributed by atoms with Gasteiger partial charge < -0.3 is 5.32 Å². The minimum absolute atomic E-state index is 0.185. The Morgan fingerprint density at radius 2 is 2.18 bits per heavy atom. The highest BCUT2D eigenvalue weighted by atomic mass is 127. The van der Waals surface area contributed by atoms with Gasteiger partial charge in [0.1, 0.15) is 0 Å². The van der Waals surface area contributed by atoms with E-state index in [0.717, 1.165) is 26.2 Å². The lowest BCUT2D eigenvalue weighted by Gasteiger charge is -2.06. The first-order valence-corrected chi connectivity index (χ1v) is 6.83. The standard InChI is InChI=1S/C11H9IN2O2S/c12-9-3-1-2-4-10(9)13-6-8-5-11(14(15)16)17-7-8/h1-5,7,13H,6H2. The first-order valence-electron chi connectivity index (χ1n) is 4.87. The zero-order chi connectivity index (χ0) is 12.3. The summed E-state index contributed by atoms with van der Waals surface area (Å²) in [5, 5.41) is 15.8. The van der Waals surface area contributed by atoms with Crippen LogP contribution >= 0.6 is 33.9 Å². The summed E-state index contributed by atoms with van der Waals surface area (Å²) in [5.74, 6) is 0. The molecule has 6 heteroatoms. The summed E-state index contributed by atoms with van der Waals surface area (Å²) in [4.78, 5) is 10.2. The molecule has 0 atom stereocenters. The molecule has 0 amide bonds. The molecule has 0 radical (unpaired) electrons. The maximum atomic E-state index is 10.5. The minimum Gasteiger partial charge on any atom is -0.380 e. The van der Waals surface area contributed by atoms with E-state index in [1.54, 1.807) is 11.4 Å². The third-order valence-corrected chi connectivity index (χ3v) is 4.05. The first kappa shape index (κ1) is 12.3. The highest BCUT2D eigenvalue weighted by Crippen LogP contribution is 2.24. The van der Waals surface area contributed by atoms with Gasteiger partial charge in [0.2, 0.25) is 0 Å². The highest BCUT2D eigenvalue weighted by Gasteiger charge is 2.09. The molecule has 0 aliphatic heterocycles. The lowest BCUT2D eigenvalue weighted by Crippen LogP contribution is -1.99. The van der Waals surface area contributed by atoms with Crippen LogP contribution in [0.15, 0.2) is 35.7 Å². The van der Waals surface area contributed by atoms with Gasteiger partial charge >= 0.3 is 5.00 Å². The van der Waals surface area contributed by atoms with Crippen molar-refractivity contribution in [3.8, 4) is 0 Å². The fourth-order valence-corrected chi connectivity index (χ4v) is 2.66. The molecule has 2 rings (SSSR count). The van der Waals surface area contributed by atoms with Crippen LogP contribution in [0, 0.1) is 13.7 Å². The van der Waals surface area contributed by atoms with Gasteiger partial charge in [-0.3, -0.25) is 10.1 Å². The summed E-state index contributed by atoms with van der Waals surface area (Å²) in [6.45, 7) is 0.602. The van der Waals surface area contributed by atoms with Gasteiger partial charge in [0.05, 0.1) is 4.92 Å². The molecule has 0 saturated carbocycles. The number of hydrogen-bond acceptors (Lipinski definition) is 4. The van der Waals surface area contributed by atoms with E-state index in [4.69, 9.17) is 0 Å². The molecule has 0 spiro atoms. The Labute approximate surface area is 116 Å². The van der Waals surface area contributed by atoms with E-state index in [9.17, 15) is 10.1 Å². The van der Waals surface area contributed by atoms with Crippen LogP contribution in [0.25, 0.3) is 0 Å². The first-order chi connectivity index (χ1) is 8.16. The molecule has 17 heavy (non-hydrogen) atoms. The highest BCUT2D eigenvalue weighted by molar-refractivity contribution is 14.1. The SMILES string of the molecule is O=[N+]([O-])c1cc(CNc2ccccc2I)cs1. The number of nitrogens with zero attached hydrogens (tertiary/aromatic N) is 1. The average Bonchev–Trinajstić information content (AvgIpc) is 2.77. The normalized spacial score (nSPS) is 10.2. The van der Waals surface area contributed by atoms with Crippen molar-refractivity contribution in [2.24, 2.45) is 0 Å². The molecule has 0 bridgehead atoms. The molecule has 88 valence electrons. The Balaban J connectivity index is 2.02. The zero-order valence-corrected chi connectivity index (χ0v) is 11.7. The van der Waals surface area contributed by atoms with Crippen molar-refractivity contribution < 1.29 is 4.92 Å². The van der Waals surface area contributed by atoms with Crippen LogP contribution in [0.1, 0.15) is 5.56 Å². The predicted molar refractivity (Wildman–Crippen MR) is 77.5 cm³/mol. The van der Waals surface area contributed by atoms with Gasteiger partial charge in [-0.15, -0.1) is 0 Å². The molecule has 4 nitrogen and oxygen atoms in total. The van der Waals surface area contributed by atoms with Crippen LogP contribution in [0.3, 0.4) is 0 Å². The number of anilines is 1. The summed E-state index contributed by atoms with van der Waals surface area (Å²) in [6, 6.07) is 9.54. The Morgan fingerprint density at radius 3 is 2.82 bits per heavy atom. The third kappa shape index (κ3) is 3.16. The number of thiophene rings is 1. The van der Waals surface area contributed by atoms with Crippen molar-refractivity contribution >= 4 is 44.6 Å². The van der Waals surface area contributed by atoms with Crippen LogP contribution in [-0.2, 0) is 6.54 Å². The van der Waals surface area contributed by atoms with Gasteiger partial charge in [-0.25, -0.2) is 0 Å². The molecule has 1 aromatic carbocycles. The Kier molecular flexibility index (Phi) is 3.95. The van der Waals surface area contributed by atoms with Crippen molar-refractivity contribution in [3.63, 3.8) is 0 Å². The molecule has 1 heterocycles. The molecule has 1 N–H and O–H groups in total. The summed E-state index contributed by atoms with van der Waals surface area (Å²) in [5.41, 5.74) is 1.98. The van der Waals surface area contributed by atoms with Gasteiger partial charge in [-0.05, 0) is 40.3 Å². The summed E-state index contributed by atoms with van der Waals surface area (Å²) >= 11 is 3.41. The Morgan fingerprint density at radius 1 is 1.41 bits per heavy atom. The van der Waals surface area contributed by atoms with E-state index < -0.39 is 0 Å². The van der Waals surface area contributed by atoms with Gasteiger partial charge in [0.25, 0.3) is 0 Å². The molecule has 0 saturated heterocycles. The number of halogens is 1. The molecule has 1 aromatic heterocycles. The smallest absolute Gasteiger partial charge is 0.324 e. The van der Waals surface area contributed by atoms with Crippen molar-refractivity contribution in [3.05, 3.63) is 55.0 Å². The van der Waals surface area contributed by atoms with Gasteiger partial charge in [-0.1, -0.05) is 23.5 Å². The van der Waals surface area contributed by atoms with E-state index >= 15 is 0 Å². The molecule has 0 aliphatic rings. The number of nitrogens with one attached hydrogen (secondary N) is 1. The van der Waals surface area contributed by atoms with Crippen LogP contribution in [0.4, 0.5) is 10.7 Å². The van der Waals surface area contributed by atoms with Gasteiger partial charge in [0.15, 0.2) is 0 Å². The monoisotopic (exact) mass is 360 g/mol. The van der Waals surface area contributed by atoms with E-state index in [1.165, 1.54) is 0 Å². The maximum absolute atomic E-state index is 10.5. The van der Waals surface area contributed by atoms with E-state index in [2.05, 4.69) is 27.9 Å². The fourth-order valence-electron chi connectivity index (χ4n) is 1.35. The molecular weight excluding hydrogens is 351 g/mol. The van der Waals surface area contributed by atoms with Crippen LogP contribution in [0.2, 0.25) is 0 Å². The lowest BCUT2D eigenvalue weighted by molar-refractivity contribution is -0.380. The number of nitro groups is 1. The molecule has 0 aliphatic carbocycles. The van der Waals surface area contributed by atoms with E-state index in [1.807, 2.05) is 24.3 Å². The van der Waals surface area contributed by atoms with Gasteiger partial charge in [0, 0.05) is 27.2 Å². The van der Waals surface area contributed by atoms with E-state index in [0.29, 0.717) is 6.54 Å². The van der Waals surface area contributed by atoms with Crippen LogP contribution in [-0.4, -0.2) is 4.92 Å². The third-order valence-electron chi connectivity index (χ3n) is 2.18. The molecule has 0 unspecified atom stereocenters. The Hall–Kier alpha value is -1.15. The Bertz CT molecular complexity index is 542. The number of rotatable bonds is 4. The predicted octanol–water partition coefficient (Wildman–Crippen LogP) is 3.87. The number of hydrogen-bond donors (Lipinski definition) is 1. The number of benzene rings is 1. The molecular formula is C11H9IN2O2S. The molecule has 2 aromatic rings. The second-order valence-electron chi connectivity index (χ2n) is 3.38. The topological polar surface area (TPSA) is 55.2 Å². The van der Waals surface area contributed by atoms with E-state index in [-0.39, 0.29) is 9.92 Å². The van der Waals surface area contributed by atoms with Crippen molar-refractivity contribution in [2.45, 2.75) is 6.54 Å². The molecule has 0 fully saturated rings. The second kappa shape index (κ2) is 5.46. The summed E-state index contributed by atoms with van der Waals surface area (Å²) < 4.78 is 1.13. The largest absolute Gasteiger partial charge is 0.380 e. The van der Waals surface area contributed by atoms with Crippen LogP contribution < -0.4 is 5.32 Å². The second-order valence-corrected chi connectivity index (χ2v) is 5.44. The van der Waals surface area contributed by atoms with Crippen molar-refractivity contribution in [1.82, 2.24) is 0 Å². The lowest BCUT2D eigenvalue weighted by atomic mass is 10.3. The average molecular weight is 360 g/mol. The maximum Gasteiger partial charge on any atom is 0.324 e. The quantitative estimate of drug-likeness (QED) is 0.512. The summed E-state index contributed by atoms with van der Waals surface area (Å²) in [7, 11) is 0. The van der Waals surface area contributed by atoms with Crippen molar-refractivity contribution in [2.75, 3.05) is 5.32 Å². The number of para-hydroxylation sites is 1.